The number of carbonyl (C=O) groups excluding carboxylic acids is 2. The van der Waals surface area contributed by atoms with E-state index in [-0.39, 0.29) is 17.5 Å². The van der Waals surface area contributed by atoms with Crippen molar-refractivity contribution in [1.82, 2.24) is 15.2 Å². The predicted octanol–water partition coefficient (Wildman–Crippen LogP) is 2.41. The van der Waals surface area contributed by atoms with Crippen LogP contribution < -0.4 is 15.4 Å². The van der Waals surface area contributed by atoms with E-state index in [2.05, 4.69) is 20.5 Å². The minimum Gasteiger partial charge on any atom is -0.494 e. The summed E-state index contributed by atoms with van der Waals surface area (Å²) in [6.07, 6.45) is 2.32. The molecule has 7 heteroatoms. The van der Waals surface area contributed by atoms with Crippen molar-refractivity contribution in [1.29, 1.82) is 0 Å². The van der Waals surface area contributed by atoms with Crippen molar-refractivity contribution < 1.29 is 14.3 Å². The average Bonchev–Trinajstić information content (AvgIpc) is 2.66. The number of nitrogens with one attached hydrogen (secondary N) is 2. The first-order valence-electron chi connectivity index (χ1n) is 8.92. The van der Waals surface area contributed by atoms with E-state index in [1.165, 1.54) is 12.3 Å². The fraction of sp³-hybridized carbons (Fsp3) is 0.350. The maximum Gasteiger partial charge on any atom is 0.274 e. The lowest BCUT2D eigenvalue weighted by Crippen LogP contribution is -2.27. The van der Waals surface area contributed by atoms with Crippen LogP contribution in [0.5, 0.6) is 5.75 Å². The molecule has 0 saturated carbocycles. The van der Waals surface area contributed by atoms with E-state index in [1.807, 2.05) is 21.0 Å². The number of carbonyl (C=O) groups is 2. The molecule has 2 rings (SSSR count). The van der Waals surface area contributed by atoms with Crippen molar-refractivity contribution in [3.05, 3.63) is 53.9 Å². The van der Waals surface area contributed by atoms with E-state index < -0.39 is 0 Å². The number of hydrogen-bond donors (Lipinski definition) is 2. The third-order valence-corrected chi connectivity index (χ3v) is 3.75. The Morgan fingerprint density at radius 2 is 1.85 bits per heavy atom. The molecule has 0 aliphatic carbocycles. The minimum absolute atomic E-state index is 0.185. The Morgan fingerprint density at radius 1 is 1.11 bits per heavy atom. The lowest BCUT2D eigenvalue weighted by molar-refractivity contribution is 0.0952. The second-order valence-electron chi connectivity index (χ2n) is 6.25. The highest BCUT2D eigenvalue weighted by molar-refractivity contribution is 6.04. The summed E-state index contributed by atoms with van der Waals surface area (Å²) in [6, 6.07) is 10.2. The molecule has 1 aromatic carbocycles. The van der Waals surface area contributed by atoms with E-state index in [4.69, 9.17) is 4.74 Å². The number of pyridine rings is 1. The van der Waals surface area contributed by atoms with E-state index in [9.17, 15) is 9.59 Å². The summed E-state index contributed by atoms with van der Waals surface area (Å²) in [7, 11) is 3.97. The lowest BCUT2D eigenvalue weighted by Gasteiger charge is -2.10. The van der Waals surface area contributed by atoms with Crippen LogP contribution in [0, 0.1) is 0 Å². The average molecular weight is 370 g/mol. The molecule has 0 radical (unpaired) electrons. The molecule has 0 unspecified atom stereocenters. The first kappa shape index (κ1) is 20.4. The van der Waals surface area contributed by atoms with Gasteiger partial charge in [-0.3, -0.25) is 14.6 Å². The molecule has 1 heterocycles. The van der Waals surface area contributed by atoms with Crippen molar-refractivity contribution >= 4 is 17.5 Å². The lowest BCUT2D eigenvalue weighted by atomic mass is 10.2. The molecule has 1 aromatic heterocycles. The van der Waals surface area contributed by atoms with Crippen LogP contribution in [0.15, 0.2) is 42.6 Å². The first-order chi connectivity index (χ1) is 13.0. The Hall–Kier alpha value is -2.93. The highest BCUT2D eigenvalue weighted by Gasteiger charge is 2.12. The van der Waals surface area contributed by atoms with Gasteiger partial charge in [0.25, 0.3) is 11.8 Å². The van der Waals surface area contributed by atoms with Gasteiger partial charge in [0.2, 0.25) is 0 Å². The number of rotatable bonds is 9. The normalized spacial score (nSPS) is 10.5. The van der Waals surface area contributed by atoms with Crippen molar-refractivity contribution in [2.45, 2.75) is 13.3 Å². The van der Waals surface area contributed by atoms with Gasteiger partial charge in [-0.1, -0.05) is 0 Å². The summed E-state index contributed by atoms with van der Waals surface area (Å²) < 4.78 is 5.37. The smallest absolute Gasteiger partial charge is 0.274 e. The summed E-state index contributed by atoms with van der Waals surface area (Å²) in [6.45, 7) is 3.96. The number of benzene rings is 1. The molecular weight excluding hydrogens is 344 g/mol. The van der Waals surface area contributed by atoms with Gasteiger partial charge in [-0.2, -0.15) is 0 Å². The van der Waals surface area contributed by atoms with Crippen LogP contribution in [0.25, 0.3) is 0 Å². The maximum atomic E-state index is 12.4. The molecule has 2 aromatic rings. The zero-order valence-corrected chi connectivity index (χ0v) is 16.0. The minimum atomic E-state index is -0.374. The fourth-order valence-electron chi connectivity index (χ4n) is 2.39. The molecule has 0 bridgehead atoms. The molecule has 2 N–H and O–H groups in total. The molecule has 0 spiro atoms. The Bertz CT molecular complexity index is 760. The number of ether oxygens (including phenoxy) is 1. The first-order valence-corrected chi connectivity index (χ1v) is 8.92. The molecular formula is C20H26N4O3. The molecule has 0 atom stereocenters. The summed E-state index contributed by atoms with van der Waals surface area (Å²) >= 11 is 0. The SMILES string of the molecule is CCOc1ccc(NC(=O)c2cc(C(=O)NCCCN(C)C)ccn2)cc1. The van der Waals surface area contributed by atoms with E-state index in [1.54, 1.807) is 30.3 Å². The van der Waals surface area contributed by atoms with Gasteiger partial charge in [-0.05, 0) is 70.4 Å². The zero-order valence-electron chi connectivity index (χ0n) is 16.0. The Kier molecular flexibility index (Phi) is 7.76. The maximum absolute atomic E-state index is 12.4. The molecule has 0 aliphatic rings. The highest BCUT2D eigenvalue weighted by Crippen LogP contribution is 2.16. The molecule has 7 nitrogen and oxygen atoms in total. The number of anilines is 1. The Morgan fingerprint density at radius 3 is 2.52 bits per heavy atom. The Balaban J connectivity index is 1.95. The van der Waals surface area contributed by atoms with Crippen LogP contribution in [0.2, 0.25) is 0 Å². The van der Waals surface area contributed by atoms with Crippen molar-refractivity contribution in [2.24, 2.45) is 0 Å². The molecule has 2 amide bonds. The fourth-order valence-corrected chi connectivity index (χ4v) is 2.39. The largest absolute Gasteiger partial charge is 0.494 e. The van der Waals surface area contributed by atoms with Gasteiger partial charge in [0, 0.05) is 24.0 Å². The number of hydrogen-bond acceptors (Lipinski definition) is 5. The Labute approximate surface area is 159 Å². The highest BCUT2D eigenvalue weighted by atomic mass is 16.5. The summed E-state index contributed by atoms with van der Waals surface area (Å²) in [4.78, 5) is 30.7. The van der Waals surface area contributed by atoms with Crippen molar-refractivity contribution in [3.8, 4) is 5.75 Å². The summed E-state index contributed by atoms with van der Waals surface area (Å²) in [5, 5.41) is 5.61. The van der Waals surface area contributed by atoms with Gasteiger partial charge >= 0.3 is 0 Å². The molecule has 27 heavy (non-hydrogen) atoms. The van der Waals surface area contributed by atoms with E-state index in [0.29, 0.717) is 24.4 Å². The van der Waals surface area contributed by atoms with Crippen LogP contribution >= 0.6 is 0 Å². The predicted molar refractivity (Wildman–Crippen MR) is 105 cm³/mol. The van der Waals surface area contributed by atoms with Crippen molar-refractivity contribution in [2.75, 3.05) is 39.1 Å². The second-order valence-corrected chi connectivity index (χ2v) is 6.25. The molecule has 0 fully saturated rings. The standard InChI is InChI=1S/C20H26N4O3/c1-4-27-17-8-6-16(7-9-17)23-20(26)18-14-15(10-12-21-18)19(25)22-11-5-13-24(2)3/h6-10,12,14H,4-5,11,13H2,1-3H3,(H,22,25)(H,23,26). The molecule has 0 saturated heterocycles. The van der Waals surface area contributed by atoms with Gasteiger partial charge in [-0.25, -0.2) is 0 Å². The van der Waals surface area contributed by atoms with Gasteiger partial charge < -0.3 is 20.3 Å². The molecule has 144 valence electrons. The van der Waals surface area contributed by atoms with Gasteiger partial charge in [0.1, 0.15) is 11.4 Å². The van der Waals surface area contributed by atoms with Gasteiger partial charge in [0.15, 0.2) is 0 Å². The monoisotopic (exact) mass is 370 g/mol. The summed E-state index contributed by atoms with van der Waals surface area (Å²) in [5.74, 6) is 0.147. The quantitative estimate of drug-likeness (QED) is 0.663. The zero-order chi connectivity index (χ0) is 19.6. The van der Waals surface area contributed by atoms with Crippen LogP contribution in [0.3, 0.4) is 0 Å². The van der Waals surface area contributed by atoms with E-state index in [0.717, 1.165) is 18.7 Å². The molecule has 0 aliphatic heterocycles. The van der Waals surface area contributed by atoms with Crippen LogP contribution in [-0.2, 0) is 0 Å². The van der Waals surface area contributed by atoms with Crippen LogP contribution in [0.1, 0.15) is 34.2 Å². The second kappa shape index (κ2) is 10.3. The van der Waals surface area contributed by atoms with Crippen LogP contribution in [-0.4, -0.2) is 55.5 Å². The van der Waals surface area contributed by atoms with Crippen LogP contribution in [0.4, 0.5) is 5.69 Å². The van der Waals surface area contributed by atoms with Gasteiger partial charge in [0.05, 0.1) is 6.61 Å². The third-order valence-electron chi connectivity index (χ3n) is 3.75. The number of aromatic nitrogens is 1. The van der Waals surface area contributed by atoms with Crippen molar-refractivity contribution in [3.63, 3.8) is 0 Å². The summed E-state index contributed by atoms with van der Waals surface area (Å²) in [5.41, 5.74) is 1.22. The third kappa shape index (κ3) is 6.71. The number of nitrogens with zero attached hydrogens (tertiary/aromatic N) is 2. The van der Waals surface area contributed by atoms with E-state index >= 15 is 0 Å². The number of amides is 2. The topological polar surface area (TPSA) is 83.6 Å². The van der Waals surface area contributed by atoms with Gasteiger partial charge in [-0.15, -0.1) is 0 Å².